The van der Waals surface area contributed by atoms with E-state index in [-0.39, 0.29) is 17.2 Å². The first-order chi connectivity index (χ1) is 13.5. The number of thioether (sulfide) groups is 1. The maximum Gasteiger partial charge on any atom is 0.262 e. The zero-order valence-electron chi connectivity index (χ0n) is 16.4. The number of rotatable bonds is 7. The lowest BCUT2D eigenvalue weighted by molar-refractivity contribution is -0.113. The Morgan fingerprint density at radius 1 is 1.14 bits per heavy atom. The molecule has 1 heterocycles. The minimum atomic E-state index is -0.108. The van der Waals surface area contributed by atoms with Crippen molar-refractivity contribution in [3.05, 3.63) is 64.4 Å². The van der Waals surface area contributed by atoms with Gasteiger partial charge in [-0.05, 0) is 36.1 Å². The molecule has 0 saturated heterocycles. The van der Waals surface area contributed by atoms with Crippen LogP contribution < -0.4 is 10.9 Å². The average Bonchev–Trinajstić information content (AvgIpc) is 2.69. The standard InChI is InChI=1S/C22H25N3O2S/c1-4-13-25-21(27)17-10-6-8-12-19(17)24-22(25)28-14-20(26)23-18-11-7-5-9-16(18)15(2)3/h5-12,15H,4,13-14H2,1-3H3,(H,23,26). The number of hydrogen-bond acceptors (Lipinski definition) is 4. The van der Waals surface area contributed by atoms with Crippen LogP contribution in [-0.4, -0.2) is 21.2 Å². The smallest absolute Gasteiger partial charge is 0.262 e. The van der Waals surface area contributed by atoms with Crippen molar-refractivity contribution in [2.24, 2.45) is 0 Å². The second-order valence-corrected chi connectivity index (χ2v) is 7.89. The van der Waals surface area contributed by atoms with Crippen molar-refractivity contribution >= 4 is 34.3 Å². The molecule has 0 atom stereocenters. The van der Waals surface area contributed by atoms with E-state index in [1.807, 2.05) is 49.4 Å². The summed E-state index contributed by atoms with van der Waals surface area (Å²) in [6, 6.07) is 15.2. The minimum Gasteiger partial charge on any atom is -0.325 e. The van der Waals surface area contributed by atoms with Gasteiger partial charge in [-0.3, -0.25) is 14.2 Å². The van der Waals surface area contributed by atoms with Crippen molar-refractivity contribution < 1.29 is 4.79 Å². The summed E-state index contributed by atoms with van der Waals surface area (Å²) in [4.78, 5) is 30.0. The van der Waals surface area contributed by atoms with Gasteiger partial charge in [-0.25, -0.2) is 4.98 Å². The van der Waals surface area contributed by atoms with Crippen LogP contribution in [0.4, 0.5) is 5.69 Å². The highest BCUT2D eigenvalue weighted by atomic mass is 32.2. The topological polar surface area (TPSA) is 64.0 Å². The molecule has 2 aromatic carbocycles. The zero-order valence-corrected chi connectivity index (χ0v) is 17.3. The second kappa shape index (κ2) is 9.06. The molecule has 0 radical (unpaired) electrons. The molecule has 146 valence electrons. The Morgan fingerprint density at radius 2 is 1.86 bits per heavy atom. The number of carbonyl (C=O) groups is 1. The fourth-order valence-corrected chi connectivity index (χ4v) is 3.93. The second-order valence-electron chi connectivity index (χ2n) is 6.95. The summed E-state index contributed by atoms with van der Waals surface area (Å²) in [6.07, 6.45) is 0.821. The molecule has 0 fully saturated rings. The van der Waals surface area contributed by atoms with Crippen LogP contribution in [0.1, 0.15) is 38.7 Å². The number of nitrogens with one attached hydrogen (secondary N) is 1. The molecule has 0 saturated carbocycles. The summed E-state index contributed by atoms with van der Waals surface area (Å²) < 4.78 is 1.67. The van der Waals surface area contributed by atoms with Gasteiger partial charge in [-0.1, -0.05) is 62.9 Å². The molecule has 6 heteroatoms. The van der Waals surface area contributed by atoms with Crippen molar-refractivity contribution in [3.8, 4) is 0 Å². The lowest BCUT2D eigenvalue weighted by atomic mass is 10.0. The lowest BCUT2D eigenvalue weighted by Gasteiger charge is -2.14. The van der Waals surface area contributed by atoms with E-state index in [0.29, 0.717) is 28.5 Å². The Labute approximate surface area is 169 Å². The molecule has 0 aliphatic rings. The Morgan fingerprint density at radius 3 is 2.61 bits per heavy atom. The normalized spacial score (nSPS) is 11.1. The predicted octanol–water partition coefficient (Wildman–Crippen LogP) is 4.66. The van der Waals surface area contributed by atoms with Gasteiger partial charge in [0, 0.05) is 12.2 Å². The molecular formula is C22H25N3O2S. The number of carbonyl (C=O) groups excluding carboxylic acids is 1. The fraction of sp³-hybridized carbons (Fsp3) is 0.318. The summed E-state index contributed by atoms with van der Waals surface area (Å²) in [6.45, 7) is 6.80. The van der Waals surface area contributed by atoms with Crippen molar-refractivity contribution in [2.45, 2.75) is 44.8 Å². The highest BCUT2D eigenvalue weighted by Gasteiger charge is 2.14. The number of aromatic nitrogens is 2. The summed E-state index contributed by atoms with van der Waals surface area (Å²) in [5.74, 6) is 0.408. The van der Waals surface area contributed by atoms with Crippen molar-refractivity contribution in [1.29, 1.82) is 0 Å². The Hall–Kier alpha value is -2.60. The van der Waals surface area contributed by atoms with Gasteiger partial charge in [0.25, 0.3) is 5.56 Å². The predicted molar refractivity (Wildman–Crippen MR) is 116 cm³/mol. The van der Waals surface area contributed by atoms with Gasteiger partial charge in [0.1, 0.15) is 0 Å². The Bertz CT molecular complexity index is 1040. The molecule has 0 aliphatic carbocycles. The molecule has 28 heavy (non-hydrogen) atoms. The molecular weight excluding hydrogens is 370 g/mol. The van der Waals surface area contributed by atoms with Gasteiger partial charge < -0.3 is 5.32 Å². The maximum atomic E-state index is 12.8. The SMILES string of the molecule is CCCn1c(SCC(=O)Nc2ccccc2C(C)C)nc2ccccc2c1=O. The third-order valence-electron chi connectivity index (χ3n) is 4.46. The van der Waals surface area contributed by atoms with E-state index < -0.39 is 0 Å². The molecule has 0 spiro atoms. The Balaban J connectivity index is 1.80. The van der Waals surface area contributed by atoms with E-state index in [0.717, 1.165) is 17.7 Å². The molecule has 5 nitrogen and oxygen atoms in total. The number of fused-ring (bicyclic) bond motifs is 1. The van der Waals surface area contributed by atoms with Gasteiger partial charge in [0.05, 0.1) is 16.7 Å². The van der Waals surface area contributed by atoms with Gasteiger partial charge in [0.2, 0.25) is 5.91 Å². The van der Waals surface area contributed by atoms with Crippen molar-refractivity contribution in [3.63, 3.8) is 0 Å². The van der Waals surface area contributed by atoms with Crippen LogP contribution in [0.3, 0.4) is 0 Å². The molecule has 1 amide bonds. The van der Waals surface area contributed by atoms with E-state index >= 15 is 0 Å². The molecule has 0 unspecified atom stereocenters. The van der Waals surface area contributed by atoms with E-state index in [1.165, 1.54) is 11.8 Å². The van der Waals surface area contributed by atoms with E-state index in [4.69, 9.17) is 0 Å². The number of benzene rings is 2. The third-order valence-corrected chi connectivity index (χ3v) is 5.44. The van der Waals surface area contributed by atoms with Crippen molar-refractivity contribution in [1.82, 2.24) is 9.55 Å². The molecule has 0 aliphatic heterocycles. The summed E-state index contributed by atoms with van der Waals surface area (Å²) >= 11 is 1.30. The summed E-state index contributed by atoms with van der Waals surface area (Å²) in [5, 5.41) is 4.18. The highest BCUT2D eigenvalue weighted by molar-refractivity contribution is 7.99. The van der Waals surface area contributed by atoms with Gasteiger partial charge in [-0.2, -0.15) is 0 Å². The average molecular weight is 396 g/mol. The number of hydrogen-bond donors (Lipinski definition) is 1. The van der Waals surface area contributed by atoms with E-state index in [9.17, 15) is 9.59 Å². The monoisotopic (exact) mass is 395 g/mol. The van der Waals surface area contributed by atoms with Gasteiger partial charge >= 0.3 is 0 Å². The van der Waals surface area contributed by atoms with Gasteiger partial charge in [-0.15, -0.1) is 0 Å². The Kier molecular flexibility index (Phi) is 6.52. The lowest BCUT2D eigenvalue weighted by Crippen LogP contribution is -2.24. The number of nitrogens with zero attached hydrogens (tertiary/aromatic N) is 2. The first-order valence-corrected chi connectivity index (χ1v) is 10.5. The van der Waals surface area contributed by atoms with Crippen LogP contribution in [0.2, 0.25) is 0 Å². The number of anilines is 1. The summed E-state index contributed by atoms with van der Waals surface area (Å²) in [7, 11) is 0. The summed E-state index contributed by atoms with van der Waals surface area (Å²) in [5.41, 5.74) is 2.54. The quantitative estimate of drug-likeness (QED) is 0.467. The first-order valence-electron chi connectivity index (χ1n) is 9.52. The van der Waals surface area contributed by atoms with Crippen LogP contribution >= 0.6 is 11.8 Å². The molecule has 0 bridgehead atoms. The number of amides is 1. The van der Waals surface area contributed by atoms with Crippen LogP contribution in [-0.2, 0) is 11.3 Å². The van der Waals surface area contributed by atoms with Gasteiger partial charge in [0.15, 0.2) is 5.16 Å². The highest BCUT2D eigenvalue weighted by Crippen LogP contribution is 2.24. The van der Waals surface area contributed by atoms with Crippen LogP contribution in [0, 0.1) is 0 Å². The first kappa shape index (κ1) is 20.1. The molecule has 3 aromatic rings. The number of para-hydroxylation sites is 2. The molecule has 1 aromatic heterocycles. The van der Waals surface area contributed by atoms with Crippen molar-refractivity contribution in [2.75, 3.05) is 11.1 Å². The largest absolute Gasteiger partial charge is 0.325 e. The van der Waals surface area contributed by atoms with E-state index in [1.54, 1.807) is 10.6 Å². The maximum absolute atomic E-state index is 12.8. The van der Waals surface area contributed by atoms with Crippen LogP contribution in [0.15, 0.2) is 58.5 Å². The van der Waals surface area contributed by atoms with Crippen LogP contribution in [0.25, 0.3) is 10.9 Å². The third kappa shape index (κ3) is 4.44. The molecule has 1 N–H and O–H groups in total. The molecule has 3 rings (SSSR count). The fourth-order valence-electron chi connectivity index (χ4n) is 3.11. The van der Waals surface area contributed by atoms with Crippen LogP contribution in [0.5, 0.6) is 0 Å². The zero-order chi connectivity index (χ0) is 20.1. The minimum absolute atomic E-state index is 0.0551. The van der Waals surface area contributed by atoms with E-state index in [2.05, 4.69) is 24.1 Å².